The third kappa shape index (κ3) is 2.17. The van der Waals surface area contributed by atoms with Crippen molar-refractivity contribution in [2.45, 2.75) is 101 Å². The molecule has 0 aromatic heterocycles. The Morgan fingerprint density at radius 1 is 0.974 bits per heavy atom. The summed E-state index contributed by atoms with van der Waals surface area (Å²) in [5.41, 5.74) is -9.99. The summed E-state index contributed by atoms with van der Waals surface area (Å²) in [5, 5.41) is 36.4. The van der Waals surface area contributed by atoms with Crippen LogP contribution in [-0.2, 0) is 33.4 Å². The third-order valence-corrected chi connectivity index (χ3v) is 12.5. The van der Waals surface area contributed by atoms with Gasteiger partial charge in [-0.2, -0.15) is 0 Å². The number of hydrogen-bond acceptors (Lipinski definition) is 10. The normalized spacial score (nSPS) is 60.2. The highest BCUT2D eigenvalue weighted by Gasteiger charge is 2.92. The molecule has 0 radical (unpaired) electrons. The molecule has 4 saturated heterocycles. The van der Waals surface area contributed by atoms with E-state index in [9.17, 15) is 34.5 Å². The molecular formula is C28H34O10. The van der Waals surface area contributed by atoms with Crippen LogP contribution in [0.5, 0.6) is 0 Å². The molecule has 4 aliphatic heterocycles. The number of allylic oxidation sites excluding steroid dienone is 1. The van der Waals surface area contributed by atoms with Crippen LogP contribution in [0.15, 0.2) is 12.2 Å². The maximum absolute atomic E-state index is 14.6. The molecule has 7 aliphatic rings. The molecule has 7 rings (SSSR count). The first-order valence-electron chi connectivity index (χ1n) is 13.6. The van der Waals surface area contributed by atoms with Crippen LogP contribution in [0.1, 0.15) is 66.2 Å². The van der Waals surface area contributed by atoms with Crippen molar-refractivity contribution in [3.05, 3.63) is 12.2 Å². The first kappa shape index (κ1) is 24.9. The Kier molecular flexibility index (Phi) is 4.31. The van der Waals surface area contributed by atoms with Gasteiger partial charge in [0.1, 0.15) is 6.10 Å². The Balaban J connectivity index is 1.49. The maximum Gasteiger partial charge on any atom is 0.342 e. The van der Waals surface area contributed by atoms with Gasteiger partial charge in [-0.3, -0.25) is 14.4 Å². The van der Waals surface area contributed by atoms with Crippen molar-refractivity contribution in [1.82, 2.24) is 0 Å². The maximum atomic E-state index is 14.6. The minimum absolute atomic E-state index is 0.0644. The SMILES string of the molecule is C[C@H]1C(=O)O[C@@H]2C[C@@]1(C)C1C(=O)[C@]3(O)O[C@@]14[C@@](O)(CCC1C3CC[C@@]3(O)CC=CC(=O)[C@]13C)C(=O)O[C@@]24C. The lowest BCUT2D eigenvalue weighted by molar-refractivity contribution is -0.352. The molecule has 6 fully saturated rings. The van der Waals surface area contributed by atoms with Gasteiger partial charge in [-0.25, -0.2) is 4.79 Å². The summed E-state index contributed by atoms with van der Waals surface area (Å²) in [6.07, 6.45) is 2.69. The molecule has 12 atom stereocenters. The van der Waals surface area contributed by atoms with Crippen LogP contribution in [0.2, 0.25) is 0 Å². The summed E-state index contributed by atoms with van der Waals surface area (Å²) in [6.45, 7) is 6.55. The summed E-state index contributed by atoms with van der Waals surface area (Å²) in [6, 6.07) is 0. The lowest BCUT2D eigenvalue weighted by Gasteiger charge is -2.62. The van der Waals surface area contributed by atoms with Gasteiger partial charge in [0.15, 0.2) is 28.4 Å². The van der Waals surface area contributed by atoms with Crippen LogP contribution < -0.4 is 0 Å². The second-order valence-corrected chi connectivity index (χ2v) is 13.5. The highest BCUT2D eigenvalue weighted by atomic mass is 16.7. The van der Waals surface area contributed by atoms with E-state index in [4.69, 9.17) is 14.2 Å². The van der Waals surface area contributed by atoms with E-state index in [0.29, 0.717) is 0 Å². The van der Waals surface area contributed by atoms with Gasteiger partial charge >= 0.3 is 11.9 Å². The zero-order chi connectivity index (χ0) is 27.5. The minimum Gasteiger partial charge on any atom is -0.458 e. The minimum atomic E-state index is -2.48. The van der Waals surface area contributed by atoms with E-state index in [-0.39, 0.29) is 44.3 Å². The van der Waals surface area contributed by atoms with E-state index < -0.39 is 86.5 Å². The van der Waals surface area contributed by atoms with Crippen molar-refractivity contribution in [2.24, 2.45) is 34.5 Å². The van der Waals surface area contributed by atoms with Crippen LogP contribution in [0, 0.1) is 34.5 Å². The molecule has 2 saturated carbocycles. The van der Waals surface area contributed by atoms with Crippen LogP contribution in [0.3, 0.4) is 0 Å². The van der Waals surface area contributed by atoms with Crippen molar-refractivity contribution >= 4 is 23.5 Å². The molecule has 206 valence electrons. The molecule has 10 nitrogen and oxygen atoms in total. The molecule has 0 aromatic carbocycles. The number of Topliss-reactive ketones (excluding diaryl/α,β-unsaturated/α-hetero) is 1. The first-order chi connectivity index (χ1) is 17.6. The summed E-state index contributed by atoms with van der Waals surface area (Å²) in [5.74, 6) is -8.79. The fourth-order valence-electron chi connectivity index (χ4n) is 9.98. The Labute approximate surface area is 219 Å². The van der Waals surface area contributed by atoms with E-state index in [2.05, 4.69) is 0 Å². The number of hydrogen-bond donors (Lipinski definition) is 3. The number of carbonyl (C=O) groups is 4. The van der Waals surface area contributed by atoms with Gasteiger partial charge in [0.25, 0.3) is 0 Å². The largest absolute Gasteiger partial charge is 0.458 e. The van der Waals surface area contributed by atoms with Crippen molar-refractivity contribution in [3.8, 4) is 0 Å². The number of rotatable bonds is 0. The topological polar surface area (TPSA) is 157 Å². The van der Waals surface area contributed by atoms with Crippen molar-refractivity contribution in [2.75, 3.05) is 0 Å². The number of carbonyl (C=O) groups excluding carboxylic acids is 4. The Morgan fingerprint density at radius 3 is 2.37 bits per heavy atom. The average molecular weight is 531 g/mol. The Hall–Kier alpha value is -2.14. The second kappa shape index (κ2) is 6.59. The number of ether oxygens (including phenoxy) is 3. The average Bonchev–Trinajstić information content (AvgIpc) is 3.19. The Bertz CT molecular complexity index is 1260. The summed E-state index contributed by atoms with van der Waals surface area (Å²) >= 11 is 0. The summed E-state index contributed by atoms with van der Waals surface area (Å²) < 4.78 is 18.1. The lowest BCUT2D eigenvalue weighted by Crippen LogP contribution is -2.78. The predicted molar refractivity (Wildman–Crippen MR) is 126 cm³/mol. The fraction of sp³-hybridized carbons (Fsp3) is 0.786. The number of ketones is 2. The number of fused-ring (bicyclic) bond motifs is 9. The zero-order valence-electron chi connectivity index (χ0n) is 22.0. The van der Waals surface area contributed by atoms with Gasteiger partial charge in [0, 0.05) is 5.92 Å². The molecule has 4 bridgehead atoms. The Morgan fingerprint density at radius 2 is 1.66 bits per heavy atom. The third-order valence-electron chi connectivity index (χ3n) is 12.5. The molecule has 3 unspecified atom stereocenters. The quantitative estimate of drug-likeness (QED) is 0.382. The smallest absolute Gasteiger partial charge is 0.342 e. The lowest BCUT2D eigenvalue weighted by atomic mass is 9.46. The molecule has 0 aromatic rings. The first-order valence-corrected chi connectivity index (χ1v) is 13.6. The van der Waals surface area contributed by atoms with Gasteiger partial charge in [-0.05, 0) is 69.8 Å². The number of aliphatic hydroxyl groups is 3. The summed E-state index contributed by atoms with van der Waals surface area (Å²) in [4.78, 5) is 54.7. The highest BCUT2D eigenvalue weighted by molar-refractivity contribution is 6.00. The molecule has 4 heterocycles. The summed E-state index contributed by atoms with van der Waals surface area (Å²) in [7, 11) is 0. The molecule has 0 amide bonds. The number of esters is 2. The highest BCUT2D eigenvalue weighted by Crippen LogP contribution is 2.73. The van der Waals surface area contributed by atoms with Crippen molar-refractivity contribution in [1.29, 1.82) is 0 Å². The standard InChI is InChI=1S/C28H34O10/c1-13-20(31)36-17-12-22(13,2)18-19(30)27(35)15-7-10-25(33)9-5-6-16(29)23(25,3)14(15)8-11-26(34)21(32)37-24(17,4)28(18,26)38-27/h5-6,13-15,17-18,33-35H,7-12H2,1-4H3/t13-,14?,15?,17+,18?,22+,23-,24-,25-,26+,27+,28-/m0/s1. The van der Waals surface area contributed by atoms with E-state index in [1.165, 1.54) is 13.0 Å². The molecule has 3 aliphatic carbocycles. The van der Waals surface area contributed by atoms with Crippen LogP contribution in [0.25, 0.3) is 0 Å². The predicted octanol–water partition coefficient (Wildman–Crippen LogP) is 0.734. The van der Waals surface area contributed by atoms with Gasteiger partial charge < -0.3 is 29.5 Å². The van der Waals surface area contributed by atoms with Gasteiger partial charge in [0.2, 0.25) is 5.79 Å². The van der Waals surface area contributed by atoms with E-state index in [0.717, 1.165) is 0 Å². The van der Waals surface area contributed by atoms with Gasteiger partial charge in [-0.1, -0.05) is 19.9 Å². The van der Waals surface area contributed by atoms with Crippen LogP contribution >= 0.6 is 0 Å². The van der Waals surface area contributed by atoms with Crippen molar-refractivity contribution < 1.29 is 48.7 Å². The monoisotopic (exact) mass is 530 g/mol. The van der Waals surface area contributed by atoms with Crippen LogP contribution in [0.4, 0.5) is 0 Å². The fourth-order valence-corrected chi connectivity index (χ4v) is 9.98. The molecule has 3 N–H and O–H groups in total. The van der Waals surface area contributed by atoms with Crippen LogP contribution in [-0.4, -0.2) is 73.1 Å². The second-order valence-electron chi connectivity index (χ2n) is 13.5. The van der Waals surface area contributed by atoms with E-state index in [1.807, 2.05) is 0 Å². The molecule has 1 spiro atoms. The van der Waals surface area contributed by atoms with Crippen molar-refractivity contribution in [3.63, 3.8) is 0 Å². The zero-order valence-corrected chi connectivity index (χ0v) is 22.0. The molecular weight excluding hydrogens is 496 g/mol. The molecule has 10 heteroatoms. The van der Waals surface area contributed by atoms with E-state index in [1.54, 1.807) is 26.8 Å². The molecule has 38 heavy (non-hydrogen) atoms. The van der Waals surface area contributed by atoms with E-state index >= 15 is 0 Å². The van der Waals surface area contributed by atoms with Gasteiger partial charge in [0.05, 0.1) is 22.9 Å². The van der Waals surface area contributed by atoms with Gasteiger partial charge in [-0.15, -0.1) is 0 Å².